The van der Waals surface area contributed by atoms with Crippen LogP contribution in [0.3, 0.4) is 0 Å². The molecule has 0 aromatic heterocycles. The number of hydrogen-bond acceptors (Lipinski definition) is 4. The van der Waals surface area contributed by atoms with E-state index in [1.807, 2.05) is 47.8 Å². The van der Waals surface area contributed by atoms with Gasteiger partial charge in [0.15, 0.2) is 6.61 Å². The topological polar surface area (TPSA) is 38.3 Å². The van der Waals surface area contributed by atoms with Crippen molar-refractivity contribution in [2.75, 3.05) is 24.7 Å². The number of carbonyl (C=O) groups excluding carboxylic acids is 1. The highest BCUT2D eigenvalue weighted by atomic mass is 32.2. The number of hydrogen-bond donors (Lipinski definition) is 1. The van der Waals surface area contributed by atoms with Crippen LogP contribution < -0.4 is 10.1 Å². The molecule has 1 N–H and O–H groups in total. The van der Waals surface area contributed by atoms with E-state index in [1.165, 1.54) is 29.2 Å². The van der Waals surface area contributed by atoms with Crippen molar-refractivity contribution in [3.63, 3.8) is 0 Å². The fourth-order valence-corrected chi connectivity index (χ4v) is 5.54. The summed E-state index contributed by atoms with van der Waals surface area (Å²) in [5.74, 6) is 2.70. The average Bonchev–Trinajstić information content (AvgIpc) is 3.21. The highest BCUT2D eigenvalue weighted by Crippen LogP contribution is 2.45. The molecule has 0 atom stereocenters. The van der Waals surface area contributed by atoms with Gasteiger partial charge in [-0.1, -0.05) is 24.3 Å². The zero-order valence-corrected chi connectivity index (χ0v) is 16.6. The van der Waals surface area contributed by atoms with Gasteiger partial charge >= 0.3 is 6.18 Å². The molecule has 150 valence electrons. The number of thioether (sulfide) groups is 2. The Bertz CT molecular complexity index is 774. The molecule has 2 aromatic carbocycles. The van der Waals surface area contributed by atoms with Crippen LogP contribution >= 0.6 is 23.5 Å². The van der Waals surface area contributed by atoms with Gasteiger partial charge < -0.3 is 10.1 Å². The summed E-state index contributed by atoms with van der Waals surface area (Å²) < 4.78 is 43.6. The van der Waals surface area contributed by atoms with E-state index in [2.05, 4.69) is 5.32 Å². The number of carbonyl (C=O) groups is 1. The third kappa shape index (κ3) is 6.10. The molecule has 0 aliphatic carbocycles. The lowest BCUT2D eigenvalue weighted by molar-refractivity contribution is -0.137. The Morgan fingerprint density at radius 3 is 2.29 bits per heavy atom. The van der Waals surface area contributed by atoms with Crippen LogP contribution in [0, 0.1) is 0 Å². The van der Waals surface area contributed by atoms with E-state index >= 15 is 0 Å². The number of benzene rings is 2. The minimum Gasteiger partial charge on any atom is -0.484 e. The van der Waals surface area contributed by atoms with Crippen LogP contribution in [0.25, 0.3) is 0 Å². The van der Waals surface area contributed by atoms with Crippen molar-refractivity contribution in [3.8, 4) is 5.75 Å². The zero-order valence-electron chi connectivity index (χ0n) is 15.0. The van der Waals surface area contributed by atoms with Gasteiger partial charge in [0.2, 0.25) is 0 Å². The molecule has 1 saturated heterocycles. The molecule has 1 aliphatic heterocycles. The first-order valence-electron chi connectivity index (χ1n) is 8.80. The Balaban J connectivity index is 1.37. The lowest BCUT2D eigenvalue weighted by Crippen LogP contribution is -2.30. The molecule has 0 spiro atoms. The molecule has 0 saturated carbocycles. The second kappa shape index (κ2) is 9.60. The Kier molecular flexibility index (Phi) is 7.18. The largest absolute Gasteiger partial charge is 0.484 e. The fourth-order valence-electron chi connectivity index (χ4n) is 2.68. The normalized spacial score (nSPS) is 14.8. The van der Waals surface area contributed by atoms with Crippen LogP contribution in [-0.2, 0) is 17.4 Å². The van der Waals surface area contributed by atoms with Crippen molar-refractivity contribution in [2.24, 2.45) is 0 Å². The number of halogens is 3. The fraction of sp³-hybridized carbons (Fsp3) is 0.350. The lowest BCUT2D eigenvalue weighted by Gasteiger charge is -2.11. The molecule has 2 aromatic rings. The van der Waals surface area contributed by atoms with Gasteiger partial charge in [-0.3, -0.25) is 4.79 Å². The second-order valence-corrected chi connectivity index (χ2v) is 8.95. The Morgan fingerprint density at radius 1 is 1.04 bits per heavy atom. The van der Waals surface area contributed by atoms with Gasteiger partial charge in [-0.25, -0.2) is 0 Å². The van der Waals surface area contributed by atoms with Crippen molar-refractivity contribution < 1.29 is 22.7 Å². The molecular formula is C20H20F3NO2S2. The highest BCUT2D eigenvalue weighted by molar-refractivity contribution is 8.19. The maximum absolute atomic E-state index is 12.5. The summed E-state index contributed by atoms with van der Waals surface area (Å²) in [6.07, 6.45) is -3.88. The van der Waals surface area contributed by atoms with E-state index in [1.54, 1.807) is 0 Å². The van der Waals surface area contributed by atoms with E-state index < -0.39 is 11.7 Å². The van der Waals surface area contributed by atoms with E-state index in [4.69, 9.17) is 4.74 Å². The standard InChI is InChI=1S/C20H20F3NO2S2/c21-20(22,23)16-5-1-14(2-6-16)9-10-24-18(25)13-26-17-7-3-15(4-8-17)19-27-11-12-28-19/h1-8,19H,9-13H2,(H,24,25). The molecule has 3 rings (SSSR count). The van der Waals surface area contributed by atoms with E-state index in [0.717, 1.165) is 17.7 Å². The number of alkyl halides is 3. The summed E-state index contributed by atoms with van der Waals surface area (Å²) >= 11 is 3.86. The summed E-state index contributed by atoms with van der Waals surface area (Å²) in [5.41, 5.74) is 1.30. The van der Waals surface area contributed by atoms with Crippen molar-refractivity contribution in [3.05, 3.63) is 65.2 Å². The molecule has 1 fully saturated rings. The Morgan fingerprint density at radius 2 is 1.68 bits per heavy atom. The maximum Gasteiger partial charge on any atom is 0.416 e. The van der Waals surface area contributed by atoms with Gasteiger partial charge in [0.05, 0.1) is 10.1 Å². The average molecular weight is 428 g/mol. The van der Waals surface area contributed by atoms with Crippen molar-refractivity contribution in [1.29, 1.82) is 0 Å². The smallest absolute Gasteiger partial charge is 0.416 e. The van der Waals surface area contributed by atoms with Crippen LogP contribution in [0.15, 0.2) is 48.5 Å². The first-order valence-corrected chi connectivity index (χ1v) is 10.9. The molecule has 1 amide bonds. The zero-order chi connectivity index (χ0) is 20.0. The SMILES string of the molecule is O=C(COc1ccc(C2SCCS2)cc1)NCCc1ccc(C(F)(F)F)cc1. The molecule has 0 unspecified atom stereocenters. The van der Waals surface area contributed by atoms with Gasteiger partial charge in [-0.15, -0.1) is 23.5 Å². The predicted molar refractivity (Wildman–Crippen MR) is 108 cm³/mol. The first-order chi connectivity index (χ1) is 13.4. The summed E-state index contributed by atoms with van der Waals surface area (Å²) in [4.78, 5) is 11.9. The van der Waals surface area contributed by atoms with Crippen LogP contribution in [0.1, 0.15) is 21.3 Å². The van der Waals surface area contributed by atoms with Crippen LogP contribution in [0.2, 0.25) is 0 Å². The highest BCUT2D eigenvalue weighted by Gasteiger charge is 2.29. The Hall–Kier alpha value is -1.80. The van der Waals surface area contributed by atoms with E-state index in [-0.39, 0.29) is 12.5 Å². The molecular weight excluding hydrogens is 407 g/mol. The first kappa shape index (κ1) is 20.9. The van der Waals surface area contributed by atoms with Crippen LogP contribution in [-0.4, -0.2) is 30.6 Å². The second-order valence-electron chi connectivity index (χ2n) is 6.23. The van der Waals surface area contributed by atoms with Crippen molar-refractivity contribution >= 4 is 29.4 Å². The minimum atomic E-state index is -4.34. The molecule has 0 bridgehead atoms. The van der Waals surface area contributed by atoms with E-state index in [9.17, 15) is 18.0 Å². The monoisotopic (exact) mass is 427 g/mol. The quantitative estimate of drug-likeness (QED) is 0.681. The van der Waals surface area contributed by atoms with Gasteiger partial charge in [0.25, 0.3) is 5.91 Å². The number of nitrogens with one attached hydrogen (secondary N) is 1. The predicted octanol–water partition coefficient (Wildman–Crippen LogP) is 4.92. The number of rotatable bonds is 7. The maximum atomic E-state index is 12.5. The van der Waals surface area contributed by atoms with Crippen molar-refractivity contribution in [2.45, 2.75) is 17.2 Å². The molecule has 3 nitrogen and oxygen atoms in total. The molecule has 1 heterocycles. The summed E-state index contributed by atoms with van der Waals surface area (Å²) in [6.45, 7) is 0.238. The van der Waals surface area contributed by atoms with Crippen molar-refractivity contribution in [1.82, 2.24) is 5.32 Å². The molecule has 0 radical (unpaired) electrons. The van der Waals surface area contributed by atoms with Crippen LogP contribution in [0.5, 0.6) is 5.75 Å². The van der Waals surface area contributed by atoms with E-state index in [0.29, 0.717) is 23.3 Å². The van der Waals surface area contributed by atoms with Gasteiger partial charge in [-0.2, -0.15) is 13.2 Å². The third-order valence-electron chi connectivity index (χ3n) is 4.16. The minimum absolute atomic E-state index is 0.0979. The van der Waals surface area contributed by atoms with Gasteiger partial charge in [-0.05, 0) is 41.8 Å². The Labute approximate surface area is 170 Å². The summed E-state index contributed by atoms with van der Waals surface area (Å²) in [5, 5.41) is 2.71. The molecule has 1 aliphatic rings. The number of ether oxygens (including phenoxy) is 1. The van der Waals surface area contributed by atoms with Gasteiger partial charge in [0, 0.05) is 18.1 Å². The van der Waals surface area contributed by atoms with Crippen LogP contribution in [0.4, 0.5) is 13.2 Å². The third-order valence-corrected chi connectivity index (χ3v) is 7.27. The number of amides is 1. The molecule has 28 heavy (non-hydrogen) atoms. The molecule has 8 heteroatoms. The lowest BCUT2D eigenvalue weighted by atomic mass is 10.1. The summed E-state index contributed by atoms with van der Waals surface area (Å²) in [7, 11) is 0. The summed E-state index contributed by atoms with van der Waals surface area (Å²) in [6, 6.07) is 12.7. The van der Waals surface area contributed by atoms with Gasteiger partial charge in [0.1, 0.15) is 5.75 Å².